The SMILES string of the molecule is COC(=O)c1cc(-c2cc(C)ccn2)n(-c2ccc(OC)nn2)n1. The number of pyridine rings is 1. The lowest BCUT2D eigenvalue weighted by Crippen LogP contribution is -2.07. The Labute approximate surface area is 138 Å². The van der Waals surface area contributed by atoms with Crippen molar-refractivity contribution in [3.05, 3.63) is 47.8 Å². The number of aromatic nitrogens is 5. The van der Waals surface area contributed by atoms with Gasteiger partial charge in [-0.15, -0.1) is 10.2 Å². The molecule has 0 radical (unpaired) electrons. The van der Waals surface area contributed by atoms with Crippen molar-refractivity contribution >= 4 is 5.97 Å². The molecule has 0 atom stereocenters. The van der Waals surface area contributed by atoms with Gasteiger partial charge in [0.2, 0.25) is 5.88 Å². The molecular formula is C16H15N5O3. The third-order valence-electron chi connectivity index (χ3n) is 3.33. The second-order valence-electron chi connectivity index (χ2n) is 4.97. The molecule has 3 aromatic rings. The minimum Gasteiger partial charge on any atom is -0.480 e. The van der Waals surface area contributed by atoms with E-state index in [1.807, 2.05) is 19.1 Å². The zero-order chi connectivity index (χ0) is 17.1. The minimum atomic E-state index is -0.538. The van der Waals surface area contributed by atoms with E-state index in [-0.39, 0.29) is 5.69 Å². The summed E-state index contributed by atoms with van der Waals surface area (Å²) in [4.78, 5) is 16.2. The molecule has 0 fully saturated rings. The highest BCUT2D eigenvalue weighted by Crippen LogP contribution is 2.23. The van der Waals surface area contributed by atoms with Crippen LogP contribution in [0.1, 0.15) is 16.1 Å². The molecule has 0 saturated carbocycles. The Morgan fingerprint density at radius 3 is 2.58 bits per heavy atom. The lowest BCUT2D eigenvalue weighted by atomic mass is 10.2. The van der Waals surface area contributed by atoms with Gasteiger partial charge in [0.05, 0.1) is 25.6 Å². The molecule has 0 unspecified atom stereocenters. The summed E-state index contributed by atoms with van der Waals surface area (Å²) in [7, 11) is 2.81. The van der Waals surface area contributed by atoms with Crippen molar-refractivity contribution in [2.24, 2.45) is 0 Å². The van der Waals surface area contributed by atoms with Gasteiger partial charge in [0.25, 0.3) is 0 Å². The molecule has 122 valence electrons. The number of rotatable bonds is 4. The normalized spacial score (nSPS) is 10.5. The number of esters is 1. The van der Waals surface area contributed by atoms with E-state index >= 15 is 0 Å². The molecule has 0 bridgehead atoms. The van der Waals surface area contributed by atoms with Crippen molar-refractivity contribution < 1.29 is 14.3 Å². The van der Waals surface area contributed by atoms with E-state index in [1.54, 1.807) is 24.4 Å². The molecule has 0 aliphatic heterocycles. The molecule has 0 aromatic carbocycles. The van der Waals surface area contributed by atoms with Gasteiger partial charge in [-0.25, -0.2) is 9.48 Å². The van der Waals surface area contributed by atoms with Crippen molar-refractivity contribution in [1.82, 2.24) is 25.0 Å². The van der Waals surface area contributed by atoms with E-state index in [1.165, 1.54) is 18.9 Å². The van der Waals surface area contributed by atoms with Crippen molar-refractivity contribution in [3.63, 3.8) is 0 Å². The van der Waals surface area contributed by atoms with Crippen molar-refractivity contribution in [1.29, 1.82) is 0 Å². The van der Waals surface area contributed by atoms with Crippen LogP contribution in [0.2, 0.25) is 0 Å². The fourth-order valence-electron chi connectivity index (χ4n) is 2.15. The molecule has 3 rings (SSSR count). The van der Waals surface area contributed by atoms with Crippen molar-refractivity contribution in [2.75, 3.05) is 14.2 Å². The Kier molecular flexibility index (Phi) is 4.19. The molecule has 0 aliphatic rings. The minimum absolute atomic E-state index is 0.161. The number of hydrogen-bond donors (Lipinski definition) is 0. The maximum Gasteiger partial charge on any atom is 0.358 e. The molecule has 0 N–H and O–H groups in total. The molecule has 0 spiro atoms. The van der Waals surface area contributed by atoms with Crippen LogP contribution in [0, 0.1) is 6.92 Å². The summed E-state index contributed by atoms with van der Waals surface area (Å²) in [5.74, 6) is 0.280. The van der Waals surface area contributed by atoms with Crippen LogP contribution in [0.4, 0.5) is 0 Å². The second kappa shape index (κ2) is 6.45. The lowest BCUT2D eigenvalue weighted by Gasteiger charge is -2.06. The van der Waals surface area contributed by atoms with Gasteiger partial charge in [-0.1, -0.05) is 0 Å². The quantitative estimate of drug-likeness (QED) is 0.676. The van der Waals surface area contributed by atoms with Crippen LogP contribution in [0.15, 0.2) is 36.5 Å². The zero-order valence-electron chi connectivity index (χ0n) is 13.4. The van der Waals surface area contributed by atoms with Crippen molar-refractivity contribution in [3.8, 4) is 23.1 Å². The Hall–Kier alpha value is -3.29. The van der Waals surface area contributed by atoms with Crippen LogP contribution >= 0.6 is 0 Å². The molecule has 24 heavy (non-hydrogen) atoms. The van der Waals surface area contributed by atoms with E-state index in [9.17, 15) is 4.79 Å². The van der Waals surface area contributed by atoms with Gasteiger partial charge in [0.15, 0.2) is 11.5 Å². The highest BCUT2D eigenvalue weighted by molar-refractivity contribution is 5.88. The summed E-state index contributed by atoms with van der Waals surface area (Å²) in [5.41, 5.74) is 2.47. The predicted molar refractivity (Wildman–Crippen MR) is 85.0 cm³/mol. The van der Waals surface area contributed by atoms with E-state index in [4.69, 9.17) is 9.47 Å². The molecule has 8 heteroatoms. The number of aryl methyl sites for hydroxylation is 1. The smallest absolute Gasteiger partial charge is 0.358 e. The highest BCUT2D eigenvalue weighted by Gasteiger charge is 2.19. The summed E-state index contributed by atoms with van der Waals surface area (Å²) in [6.07, 6.45) is 1.69. The lowest BCUT2D eigenvalue weighted by molar-refractivity contribution is 0.0593. The van der Waals surface area contributed by atoms with Gasteiger partial charge < -0.3 is 9.47 Å². The van der Waals surface area contributed by atoms with Gasteiger partial charge >= 0.3 is 5.97 Å². The van der Waals surface area contributed by atoms with Gasteiger partial charge in [-0.05, 0) is 30.7 Å². The third-order valence-corrected chi connectivity index (χ3v) is 3.33. The van der Waals surface area contributed by atoms with E-state index in [2.05, 4.69) is 20.3 Å². The molecule has 0 saturated heterocycles. The first-order valence-electron chi connectivity index (χ1n) is 7.12. The average molecular weight is 325 g/mol. The topological polar surface area (TPSA) is 92.0 Å². The molecule has 0 aliphatic carbocycles. The highest BCUT2D eigenvalue weighted by atomic mass is 16.5. The molecule has 3 aromatic heterocycles. The number of carbonyl (C=O) groups excluding carboxylic acids is 1. The second-order valence-corrected chi connectivity index (χ2v) is 4.97. The molecular weight excluding hydrogens is 310 g/mol. The van der Waals surface area contributed by atoms with Gasteiger partial charge in [0, 0.05) is 18.3 Å². The predicted octanol–water partition coefficient (Wildman–Crippen LogP) is 1.83. The fourth-order valence-corrected chi connectivity index (χ4v) is 2.15. The van der Waals surface area contributed by atoms with Gasteiger partial charge in [-0.2, -0.15) is 5.10 Å². The summed E-state index contributed by atoms with van der Waals surface area (Å²) in [6, 6.07) is 8.75. The van der Waals surface area contributed by atoms with Crippen LogP contribution in [0.5, 0.6) is 5.88 Å². The van der Waals surface area contributed by atoms with Crippen LogP contribution in [-0.2, 0) is 4.74 Å². The Bertz CT molecular complexity index is 874. The first-order chi connectivity index (χ1) is 11.6. The molecule has 3 heterocycles. The van der Waals surface area contributed by atoms with E-state index in [0.29, 0.717) is 23.1 Å². The number of carbonyl (C=O) groups is 1. The summed E-state index contributed by atoms with van der Waals surface area (Å²) >= 11 is 0. The van der Waals surface area contributed by atoms with Crippen molar-refractivity contribution in [2.45, 2.75) is 6.92 Å². The Balaban J connectivity index is 2.15. The molecule has 8 nitrogen and oxygen atoms in total. The summed E-state index contributed by atoms with van der Waals surface area (Å²) in [5, 5.41) is 12.3. The van der Waals surface area contributed by atoms with Gasteiger partial charge in [-0.3, -0.25) is 4.98 Å². The maximum absolute atomic E-state index is 11.8. The van der Waals surface area contributed by atoms with E-state index < -0.39 is 5.97 Å². The third kappa shape index (κ3) is 2.94. The fraction of sp³-hybridized carbons (Fsp3) is 0.188. The largest absolute Gasteiger partial charge is 0.480 e. The van der Waals surface area contributed by atoms with Crippen LogP contribution < -0.4 is 4.74 Å². The zero-order valence-corrected chi connectivity index (χ0v) is 13.4. The Morgan fingerprint density at radius 1 is 1.12 bits per heavy atom. The first kappa shape index (κ1) is 15.6. The average Bonchev–Trinajstić information content (AvgIpc) is 3.06. The number of hydrogen-bond acceptors (Lipinski definition) is 7. The Morgan fingerprint density at radius 2 is 1.96 bits per heavy atom. The van der Waals surface area contributed by atoms with E-state index in [0.717, 1.165) is 5.56 Å². The van der Waals surface area contributed by atoms with Gasteiger partial charge in [0.1, 0.15) is 0 Å². The van der Waals surface area contributed by atoms with Crippen LogP contribution in [0.25, 0.3) is 17.2 Å². The van der Waals surface area contributed by atoms with Crippen LogP contribution in [-0.4, -0.2) is 45.2 Å². The number of ether oxygens (including phenoxy) is 2. The summed E-state index contributed by atoms with van der Waals surface area (Å²) < 4.78 is 11.3. The number of nitrogens with zero attached hydrogens (tertiary/aromatic N) is 5. The summed E-state index contributed by atoms with van der Waals surface area (Å²) in [6.45, 7) is 1.96. The van der Waals surface area contributed by atoms with Crippen LogP contribution in [0.3, 0.4) is 0 Å². The first-order valence-corrected chi connectivity index (χ1v) is 7.12. The number of methoxy groups -OCH3 is 2. The molecule has 0 amide bonds. The standard InChI is InChI=1S/C16H15N5O3/c1-10-6-7-17-11(8-10)13-9-12(16(22)24-3)20-21(13)14-4-5-15(23-2)19-18-14/h4-9H,1-3H3. The monoisotopic (exact) mass is 325 g/mol. The maximum atomic E-state index is 11.8.